The van der Waals surface area contributed by atoms with Crippen molar-refractivity contribution in [2.75, 3.05) is 0 Å². The van der Waals surface area contributed by atoms with E-state index in [1.165, 1.54) is 0 Å². The SMILES string of the molecule is O=C(ON=C(C(=O)c1ccc(Sc2ccccc2)cc1)c1ccccc1)c1ccccc1. The largest absolute Gasteiger partial charge is 0.365 e. The van der Waals surface area contributed by atoms with Gasteiger partial charge in [0.15, 0.2) is 5.71 Å². The van der Waals surface area contributed by atoms with Gasteiger partial charge in [-0.3, -0.25) is 4.79 Å². The monoisotopic (exact) mass is 437 g/mol. The van der Waals surface area contributed by atoms with E-state index in [9.17, 15) is 9.59 Å². The Morgan fingerprint density at radius 2 is 1.06 bits per heavy atom. The first kappa shape index (κ1) is 21.3. The predicted molar refractivity (Wildman–Crippen MR) is 126 cm³/mol. The van der Waals surface area contributed by atoms with Gasteiger partial charge >= 0.3 is 5.97 Å². The molecular formula is C27H19NO3S. The number of carbonyl (C=O) groups is 2. The van der Waals surface area contributed by atoms with Gasteiger partial charge < -0.3 is 4.84 Å². The highest BCUT2D eigenvalue weighted by Crippen LogP contribution is 2.27. The molecule has 0 saturated carbocycles. The van der Waals surface area contributed by atoms with Crippen LogP contribution in [0.4, 0.5) is 0 Å². The fourth-order valence-corrected chi connectivity index (χ4v) is 3.81. The Morgan fingerprint density at radius 3 is 1.66 bits per heavy atom. The van der Waals surface area contributed by atoms with E-state index < -0.39 is 5.97 Å². The van der Waals surface area contributed by atoms with Crippen molar-refractivity contribution in [1.82, 2.24) is 0 Å². The number of Topliss-reactive ketones (excluding diaryl/α,β-unsaturated/α-hetero) is 1. The summed E-state index contributed by atoms with van der Waals surface area (Å²) < 4.78 is 0. The van der Waals surface area contributed by atoms with Gasteiger partial charge in [0.1, 0.15) is 0 Å². The Bertz CT molecular complexity index is 1220. The first-order valence-electron chi connectivity index (χ1n) is 9.98. The molecule has 5 heteroatoms. The molecule has 4 aromatic carbocycles. The Balaban J connectivity index is 1.57. The number of nitrogens with zero attached hydrogens (tertiary/aromatic N) is 1. The Labute approximate surface area is 190 Å². The Kier molecular flexibility index (Phi) is 6.90. The maximum absolute atomic E-state index is 13.2. The Morgan fingerprint density at radius 1 is 0.562 bits per heavy atom. The summed E-state index contributed by atoms with van der Waals surface area (Å²) in [5.74, 6) is -0.949. The molecule has 4 nitrogen and oxygen atoms in total. The van der Waals surface area contributed by atoms with Crippen molar-refractivity contribution in [3.8, 4) is 0 Å². The molecule has 0 fully saturated rings. The first-order valence-corrected chi connectivity index (χ1v) is 10.8. The zero-order chi connectivity index (χ0) is 22.2. The van der Waals surface area contributed by atoms with Crippen molar-refractivity contribution in [2.45, 2.75) is 9.79 Å². The molecule has 0 atom stereocenters. The quantitative estimate of drug-likeness (QED) is 0.148. The maximum atomic E-state index is 13.2. The van der Waals surface area contributed by atoms with Crippen LogP contribution in [-0.2, 0) is 4.84 Å². The lowest BCUT2D eigenvalue weighted by atomic mass is 10.0. The molecule has 0 N–H and O–H groups in total. The highest BCUT2D eigenvalue weighted by molar-refractivity contribution is 7.99. The van der Waals surface area contributed by atoms with Crippen molar-refractivity contribution in [3.05, 3.63) is 132 Å². The summed E-state index contributed by atoms with van der Waals surface area (Å²) in [5.41, 5.74) is 1.46. The summed E-state index contributed by atoms with van der Waals surface area (Å²) in [6.07, 6.45) is 0. The van der Waals surface area contributed by atoms with Crippen LogP contribution in [0, 0.1) is 0 Å². The van der Waals surface area contributed by atoms with Crippen LogP contribution in [0.15, 0.2) is 130 Å². The number of oxime groups is 1. The zero-order valence-corrected chi connectivity index (χ0v) is 17.9. The molecule has 0 amide bonds. The summed E-state index contributed by atoms with van der Waals surface area (Å²) in [7, 11) is 0. The van der Waals surface area contributed by atoms with Crippen molar-refractivity contribution >= 4 is 29.2 Å². The van der Waals surface area contributed by atoms with E-state index in [1.54, 1.807) is 78.5 Å². The Hall–Kier alpha value is -3.96. The second kappa shape index (κ2) is 10.4. The van der Waals surface area contributed by atoms with E-state index in [0.29, 0.717) is 16.7 Å². The summed E-state index contributed by atoms with van der Waals surface area (Å²) >= 11 is 1.61. The third-order valence-electron chi connectivity index (χ3n) is 4.59. The minimum Gasteiger partial charge on any atom is -0.312 e. The van der Waals surface area contributed by atoms with Crippen molar-refractivity contribution < 1.29 is 14.4 Å². The van der Waals surface area contributed by atoms with E-state index in [2.05, 4.69) is 5.16 Å². The van der Waals surface area contributed by atoms with E-state index in [-0.39, 0.29) is 11.5 Å². The van der Waals surface area contributed by atoms with Crippen LogP contribution in [0.3, 0.4) is 0 Å². The second-order valence-corrected chi connectivity index (χ2v) is 7.97. The average molecular weight is 438 g/mol. The van der Waals surface area contributed by atoms with Gasteiger partial charge in [-0.25, -0.2) is 4.79 Å². The molecule has 0 spiro atoms. The minimum atomic E-state index is -0.624. The van der Waals surface area contributed by atoms with Gasteiger partial charge in [-0.2, -0.15) is 0 Å². The van der Waals surface area contributed by atoms with Crippen LogP contribution in [0.2, 0.25) is 0 Å². The molecule has 0 unspecified atom stereocenters. The molecule has 0 aliphatic rings. The molecule has 4 rings (SSSR count). The lowest BCUT2D eigenvalue weighted by Gasteiger charge is -2.07. The van der Waals surface area contributed by atoms with Crippen LogP contribution in [0.25, 0.3) is 0 Å². The van der Waals surface area contributed by atoms with E-state index >= 15 is 0 Å². The van der Waals surface area contributed by atoms with Gasteiger partial charge in [-0.15, -0.1) is 0 Å². The standard InChI is InChI=1S/C27H19NO3S/c29-26(21-16-18-24(19-17-21)32-23-14-8-3-9-15-23)25(20-10-4-1-5-11-20)28-31-27(30)22-12-6-2-7-13-22/h1-19H. The molecule has 0 aliphatic heterocycles. The van der Waals surface area contributed by atoms with Crippen LogP contribution in [-0.4, -0.2) is 17.5 Å². The first-order chi connectivity index (χ1) is 15.7. The molecule has 32 heavy (non-hydrogen) atoms. The lowest BCUT2D eigenvalue weighted by Crippen LogP contribution is -2.17. The summed E-state index contributed by atoms with van der Waals surface area (Å²) in [6.45, 7) is 0. The second-order valence-electron chi connectivity index (χ2n) is 6.82. The number of rotatable bonds is 7. The van der Waals surface area contributed by atoms with Crippen LogP contribution < -0.4 is 0 Å². The number of hydrogen-bond acceptors (Lipinski definition) is 5. The molecular weight excluding hydrogens is 418 g/mol. The van der Waals surface area contributed by atoms with Gasteiger partial charge in [0.05, 0.1) is 5.56 Å². The fourth-order valence-electron chi connectivity index (χ4n) is 2.97. The van der Waals surface area contributed by atoms with Crippen molar-refractivity contribution in [1.29, 1.82) is 0 Å². The number of carbonyl (C=O) groups excluding carboxylic acids is 2. The smallest absolute Gasteiger partial charge is 0.312 e. The molecule has 0 aliphatic carbocycles. The molecule has 0 heterocycles. The maximum Gasteiger partial charge on any atom is 0.365 e. The average Bonchev–Trinajstić information content (AvgIpc) is 2.86. The summed E-state index contributed by atoms with van der Waals surface area (Å²) in [5, 5.41) is 3.95. The molecule has 4 aromatic rings. The van der Waals surface area contributed by atoms with Gasteiger partial charge in [-0.05, 0) is 48.5 Å². The van der Waals surface area contributed by atoms with Gasteiger partial charge in [0.2, 0.25) is 5.78 Å². The van der Waals surface area contributed by atoms with Crippen LogP contribution in [0.5, 0.6) is 0 Å². The highest BCUT2D eigenvalue weighted by Gasteiger charge is 2.18. The van der Waals surface area contributed by atoms with Gasteiger partial charge in [0.25, 0.3) is 0 Å². The van der Waals surface area contributed by atoms with E-state index in [4.69, 9.17) is 4.84 Å². The lowest BCUT2D eigenvalue weighted by molar-refractivity contribution is 0.0516. The summed E-state index contributed by atoms with van der Waals surface area (Å²) in [6, 6.07) is 34.8. The highest BCUT2D eigenvalue weighted by atomic mass is 32.2. The molecule has 0 radical (unpaired) electrons. The topological polar surface area (TPSA) is 55.7 Å². The molecule has 156 valence electrons. The molecule has 0 saturated heterocycles. The van der Waals surface area contributed by atoms with E-state index in [1.807, 2.05) is 48.5 Å². The molecule has 0 aromatic heterocycles. The number of ketones is 1. The number of hydrogen-bond donors (Lipinski definition) is 0. The predicted octanol–water partition coefficient (Wildman–Crippen LogP) is 6.28. The summed E-state index contributed by atoms with van der Waals surface area (Å²) in [4.78, 5) is 32.8. The fraction of sp³-hybridized carbons (Fsp3) is 0. The third-order valence-corrected chi connectivity index (χ3v) is 5.60. The van der Waals surface area contributed by atoms with Crippen molar-refractivity contribution in [2.24, 2.45) is 5.16 Å². The normalized spacial score (nSPS) is 11.1. The van der Waals surface area contributed by atoms with Gasteiger partial charge in [-0.1, -0.05) is 83.6 Å². The van der Waals surface area contributed by atoms with Crippen LogP contribution >= 0.6 is 11.8 Å². The number of benzene rings is 4. The van der Waals surface area contributed by atoms with Crippen LogP contribution in [0.1, 0.15) is 26.3 Å². The minimum absolute atomic E-state index is 0.0679. The molecule has 0 bridgehead atoms. The third kappa shape index (κ3) is 5.39. The van der Waals surface area contributed by atoms with Gasteiger partial charge in [0, 0.05) is 20.9 Å². The van der Waals surface area contributed by atoms with Crippen molar-refractivity contribution in [3.63, 3.8) is 0 Å². The zero-order valence-electron chi connectivity index (χ0n) is 17.0. The van der Waals surface area contributed by atoms with E-state index in [0.717, 1.165) is 9.79 Å².